The van der Waals surface area contributed by atoms with E-state index in [9.17, 15) is 9.90 Å². The fourth-order valence-corrected chi connectivity index (χ4v) is 2.19. The van der Waals surface area contributed by atoms with Crippen LogP contribution < -0.4 is 0 Å². The third-order valence-electron chi connectivity index (χ3n) is 3.21. The number of aliphatic hydroxyl groups is 1. The number of aromatic nitrogens is 2. The van der Waals surface area contributed by atoms with Crippen molar-refractivity contribution >= 4 is 17.5 Å². The highest BCUT2D eigenvalue weighted by Crippen LogP contribution is 2.24. The number of nitrogens with zero attached hydrogens (tertiary/aromatic N) is 2. The summed E-state index contributed by atoms with van der Waals surface area (Å²) >= 11 is 5.98. The molecular formula is C15H18ClN3O2. The SMILES string of the molecule is CC(O)CCN(C)C(=O)c1cn[nH]c1-c1cccc(Cl)c1. The van der Waals surface area contributed by atoms with E-state index in [-0.39, 0.29) is 5.91 Å². The van der Waals surface area contributed by atoms with E-state index >= 15 is 0 Å². The summed E-state index contributed by atoms with van der Waals surface area (Å²) in [5.74, 6) is -0.139. The third kappa shape index (κ3) is 3.83. The molecule has 1 heterocycles. The summed E-state index contributed by atoms with van der Waals surface area (Å²) < 4.78 is 0. The number of carbonyl (C=O) groups excluding carboxylic acids is 1. The molecule has 0 fully saturated rings. The smallest absolute Gasteiger partial charge is 0.257 e. The number of aromatic amines is 1. The number of amides is 1. The van der Waals surface area contributed by atoms with E-state index in [2.05, 4.69) is 10.2 Å². The molecule has 112 valence electrons. The van der Waals surface area contributed by atoms with Crippen LogP contribution in [0.15, 0.2) is 30.5 Å². The average Bonchev–Trinajstić information content (AvgIpc) is 2.93. The second-order valence-electron chi connectivity index (χ2n) is 5.03. The van der Waals surface area contributed by atoms with Crippen LogP contribution in [0.2, 0.25) is 5.02 Å². The highest BCUT2D eigenvalue weighted by molar-refractivity contribution is 6.30. The summed E-state index contributed by atoms with van der Waals surface area (Å²) in [5, 5.41) is 16.7. The Bertz CT molecular complexity index is 625. The van der Waals surface area contributed by atoms with Crippen molar-refractivity contribution in [3.63, 3.8) is 0 Å². The van der Waals surface area contributed by atoms with Crippen molar-refractivity contribution in [3.05, 3.63) is 41.0 Å². The van der Waals surface area contributed by atoms with Gasteiger partial charge < -0.3 is 10.0 Å². The van der Waals surface area contributed by atoms with Crippen molar-refractivity contribution in [2.45, 2.75) is 19.4 Å². The van der Waals surface area contributed by atoms with E-state index in [0.29, 0.717) is 29.2 Å². The summed E-state index contributed by atoms with van der Waals surface area (Å²) in [6.07, 6.45) is 1.61. The summed E-state index contributed by atoms with van der Waals surface area (Å²) in [4.78, 5) is 14.0. The Hall–Kier alpha value is -1.85. The molecule has 0 aliphatic rings. The second-order valence-corrected chi connectivity index (χ2v) is 5.47. The van der Waals surface area contributed by atoms with Gasteiger partial charge in [0.05, 0.1) is 23.6 Å². The number of H-pyrrole nitrogens is 1. The van der Waals surface area contributed by atoms with Gasteiger partial charge in [0.15, 0.2) is 0 Å². The van der Waals surface area contributed by atoms with Gasteiger partial charge in [-0.1, -0.05) is 23.7 Å². The summed E-state index contributed by atoms with van der Waals surface area (Å²) in [5.41, 5.74) is 1.95. The van der Waals surface area contributed by atoms with E-state index < -0.39 is 6.10 Å². The Morgan fingerprint density at radius 3 is 2.95 bits per heavy atom. The van der Waals surface area contributed by atoms with Crippen LogP contribution in [-0.2, 0) is 0 Å². The molecule has 2 N–H and O–H groups in total. The molecule has 2 aromatic rings. The van der Waals surface area contributed by atoms with Crippen LogP contribution in [0.25, 0.3) is 11.3 Å². The van der Waals surface area contributed by atoms with Crippen molar-refractivity contribution in [1.82, 2.24) is 15.1 Å². The lowest BCUT2D eigenvalue weighted by Gasteiger charge is -2.18. The molecule has 2 rings (SSSR count). The van der Waals surface area contributed by atoms with Gasteiger partial charge in [0.25, 0.3) is 5.91 Å². The predicted molar refractivity (Wildman–Crippen MR) is 82.3 cm³/mol. The molecule has 0 saturated heterocycles. The van der Waals surface area contributed by atoms with Crippen LogP contribution >= 0.6 is 11.6 Å². The van der Waals surface area contributed by atoms with Gasteiger partial charge >= 0.3 is 0 Å². The van der Waals surface area contributed by atoms with Crippen molar-refractivity contribution in [2.75, 3.05) is 13.6 Å². The first-order valence-electron chi connectivity index (χ1n) is 6.72. The monoisotopic (exact) mass is 307 g/mol. The van der Waals surface area contributed by atoms with Gasteiger partial charge in [-0.2, -0.15) is 5.10 Å². The van der Waals surface area contributed by atoms with Crippen LogP contribution in [0.5, 0.6) is 0 Å². The minimum Gasteiger partial charge on any atom is -0.393 e. The lowest BCUT2D eigenvalue weighted by Crippen LogP contribution is -2.29. The average molecular weight is 308 g/mol. The van der Waals surface area contributed by atoms with Crippen molar-refractivity contribution in [1.29, 1.82) is 0 Å². The zero-order chi connectivity index (χ0) is 15.4. The molecule has 0 aliphatic heterocycles. The van der Waals surface area contributed by atoms with Gasteiger partial charge in [0.1, 0.15) is 0 Å². The summed E-state index contributed by atoms with van der Waals surface area (Å²) in [6.45, 7) is 2.18. The molecule has 1 unspecified atom stereocenters. The van der Waals surface area contributed by atoms with Crippen LogP contribution in [-0.4, -0.2) is 45.8 Å². The second kappa shape index (κ2) is 6.74. The molecule has 1 aromatic heterocycles. The minimum absolute atomic E-state index is 0.139. The van der Waals surface area contributed by atoms with Gasteiger partial charge in [0.2, 0.25) is 0 Å². The van der Waals surface area contributed by atoms with Crippen LogP contribution in [0.4, 0.5) is 0 Å². The molecule has 5 nitrogen and oxygen atoms in total. The maximum absolute atomic E-state index is 12.4. The topological polar surface area (TPSA) is 69.2 Å². The summed E-state index contributed by atoms with van der Waals surface area (Å²) in [7, 11) is 1.71. The molecule has 1 aromatic carbocycles. The van der Waals surface area contributed by atoms with Gasteiger partial charge in [-0.3, -0.25) is 9.89 Å². The van der Waals surface area contributed by atoms with Gasteiger partial charge in [-0.05, 0) is 25.5 Å². The van der Waals surface area contributed by atoms with Gasteiger partial charge in [-0.25, -0.2) is 0 Å². The van der Waals surface area contributed by atoms with E-state index in [4.69, 9.17) is 11.6 Å². The highest BCUT2D eigenvalue weighted by Gasteiger charge is 2.19. The standard InChI is InChI=1S/C15H18ClN3O2/c1-10(20)6-7-19(2)15(21)13-9-17-18-14(13)11-4-3-5-12(16)8-11/h3-5,8-10,20H,6-7H2,1-2H3,(H,17,18). The lowest BCUT2D eigenvalue weighted by atomic mass is 10.1. The molecule has 0 spiro atoms. The Morgan fingerprint density at radius 2 is 2.29 bits per heavy atom. The number of halogens is 1. The Balaban J connectivity index is 2.22. The van der Waals surface area contributed by atoms with Crippen molar-refractivity contribution < 1.29 is 9.90 Å². The van der Waals surface area contributed by atoms with Gasteiger partial charge in [-0.15, -0.1) is 0 Å². The van der Waals surface area contributed by atoms with Crippen LogP contribution in [0.1, 0.15) is 23.7 Å². The van der Waals surface area contributed by atoms with Crippen molar-refractivity contribution in [2.24, 2.45) is 0 Å². The normalized spacial score (nSPS) is 12.2. The molecule has 1 amide bonds. The number of hydrogen-bond donors (Lipinski definition) is 2. The molecule has 0 saturated carbocycles. The quantitative estimate of drug-likeness (QED) is 0.892. The number of carbonyl (C=O) groups is 1. The van der Waals surface area contributed by atoms with E-state index in [0.717, 1.165) is 5.56 Å². The highest BCUT2D eigenvalue weighted by atomic mass is 35.5. The third-order valence-corrected chi connectivity index (χ3v) is 3.45. The largest absolute Gasteiger partial charge is 0.393 e. The fourth-order valence-electron chi connectivity index (χ4n) is 2.00. The van der Waals surface area contributed by atoms with E-state index in [1.807, 2.05) is 12.1 Å². The number of nitrogens with one attached hydrogen (secondary N) is 1. The molecule has 0 radical (unpaired) electrons. The van der Waals surface area contributed by atoms with Crippen LogP contribution in [0.3, 0.4) is 0 Å². The number of aliphatic hydroxyl groups excluding tert-OH is 1. The first-order valence-corrected chi connectivity index (χ1v) is 7.09. The molecule has 1 atom stereocenters. The first-order chi connectivity index (χ1) is 9.99. The zero-order valence-electron chi connectivity index (χ0n) is 12.0. The summed E-state index contributed by atoms with van der Waals surface area (Å²) in [6, 6.07) is 7.25. The molecule has 21 heavy (non-hydrogen) atoms. The van der Waals surface area contributed by atoms with E-state index in [1.54, 1.807) is 31.0 Å². The fraction of sp³-hybridized carbons (Fsp3) is 0.333. The number of hydrogen-bond acceptors (Lipinski definition) is 3. The maximum Gasteiger partial charge on any atom is 0.257 e. The number of benzene rings is 1. The molecule has 0 aliphatic carbocycles. The maximum atomic E-state index is 12.4. The van der Waals surface area contributed by atoms with E-state index in [1.165, 1.54) is 6.20 Å². The van der Waals surface area contributed by atoms with Crippen LogP contribution in [0, 0.1) is 0 Å². The predicted octanol–water partition coefficient (Wildman–Crippen LogP) is 2.57. The first kappa shape index (κ1) is 15.5. The van der Waals surface area contributed by atoms with Gasteiger partial charge in [0, 0.05) is 24.2 Å². The molecule has 6 heteroatoms. The Morgan fingerprint density at radius 1 is 1.52 bits per heavy atom. The Labute approximate surface area is 128 Å². The number of rotatable bonds is 5. The molecular weight excluding hydrogens is 290 g/mol. The Kier molecular flexibility index (Phi) is 4.98. The van der Waals surface area contributed by atoms with Crippen molar-refractivity contribution in [3.8, 4) is 11.3 Å². The lowest BCUT2D eigenvalue weighted by molar-refractivity contribution is 0.0770. The zero-order valence-corrected chi connectivity index (χ0v) is 12.8. The minimum atomic E-state index is -0.433. The molecule has 0 bridgehead atoms.